The Kier molecular flexibility index (Phi) is 5.09. The lowest BCUT2D eigenvalue weighted by Gasteiger charge is -2.29. The lowest BCUT2D eigenvalue weighted by Crippen LogP contribution is -2.48. The van der Waals surface area contributed by atoms with Gasteiger partial charge in [-0.25, -0.2) is 4.79 Å². The number of carbonyl (C=O) groups excluding carboxylic acids is 3. The van der Waals surface area contributed by atoms with Crippen molar-refractivity contribution in [2.45, 2.75) is 43.7 Å². The number of benzene rings is 1. The first-order chi connectivity index (χ1) is 12.7. The number of rotatable bonds is 5. The summed E-state index contributed by atoms with van der Waals surface area (Å²) in [5.74, 6) is -0.883. The number of anilines is 1. The Morgan fingerprint density at radius 1 is 1.48 bits per heavy atom. The summed E-state index contributed by atoms with van der Waals surface area (Å²) in [7, 11) is 0. The summed E-state index contributed by atoms with van der Waals surface area (Å²) < 4.78 is 5.26. The molecule has 2 aliphatic heterocycles. The van der Waals surface area contributed by atoms with Gasteiger partial charge in [-0.05, 0) is 26.3 Å². The van der Waals surface area contributed by atoms with Crippen LogP contribution in [0.4, 0.5) is 11.4 Å². The van der Waals surface area contributed by atoms with Crippen molar-refractivity contribution in [3.05, 3.63) is 34.4 Å². The van der Waals surface area contributed by atoms with Crippen LogP contribution >= 0.6 is 11.8 Å². The molecule has 2 heterocycles. The van der Waals surface area contributed by atoms with E-state index in [1.165, 1.54) is 43.0 Å². The van der Waals surface area contributed by atoms with Gasteiger partial charge in [0.1, 0.15) is 6.04 Å². The Hall–Kier alpha value is -2.62. The molecule has 3 atom stereocenters. The van der Waals surface area contributed by atoms with E-state index in [1.807, 2.05) is 6.92 Å². The standard InChI is InChI=1S/C17H19N3O6S/c1-10(15(22)18-11-4-3-5-12(8-11)20(24)25)26-16(23)13-9-27-17(2)7-6-14(21)19(13)17/h3-5,8,10,13H,6-7,9H2,1-2H3,(H,18,22)/t10-,13-,17+/m0/s1. The molecule has 0 bridgehead atoms. The number of nitro groups is 1. The molecule has 0 radical (unpaired) electrons. The van der Waals surface area contributed by atoms with Gasteiger partial charge in [-0.1, -0.05) is 6.07 Å². The largest absolute Gasteiger partial charge is 0.451 e. The number of amides is 2. The van der Waals surface area contributed by atoms with Crippen molar-refractivity contribution < 1.29 is 24.0 Å². The molecule has 1 aromatic rings. The van der Waals surface area contributed by atoms with E-state index in [0.717, 1.165) is 0 Å². The highest BCUT2D eigenvalue weighted by Crippen LogP contribution is 2.47. The van der Waals surface area contributed by atoms with Gasteiger partial charge in [0.05, 0.1) is 9.79 Å². The SMILES string of the molecule is C[C@H](OC(=O)[C@@H]1CS[C@]2(C)CCC(=O)N12)C(=O)Nc1cccc([N+](=O)[O-])c1. The molecular formula is C17H19N3O6S. The second-order valence-corrected chi connectivity index (χ2v) is 8.14. The summed E-state index contributed by atoms with van der Waals surface area (Å²) in [6.45, 7) is 3.34. The minimum atomic E-state index is -1.11. The first-order valence-electron chi connectivity index (χ1n) is 8.43. The van der Waals surface area contributed by atoms with E-state index < -0.39 is 33.8 Å². The van der Waals surface area contributed by atoms with Crippen molar-refractivity contribution in [3.8, 4) is 0 Å². The summed E-state index contributed by atoms with van der Waals surface area (Å²) in [5, 5.41) is 13.3. The molecule has 9 nitrogen and oxygen atoms in total. The number of hydrogen-bond acceptors (Lipinski definition) is 7. The Morgan fingerprint density at radius 2 is 2.22 bits per heavy atom. The molecule has 2 aliphatic rings. The normalized spacial score (nSPS) is 25.0. The van der Waals surface area contributed by atoms with E-state index >= 15 is 0 Å². The number of fused-ring (bicyclic) bond motifs is 1. The van der Waals surface area contributed by atoms with Crippen molar-refractivity contribution >= 4 is 40.9 Å². The van der Waals surface area contributed by atoms with Gasteiger partial charge in [0.2, 0.25) is 5.91 Å². The zero-order chi connectivity index (χ0) is 19.8. The topological polar surface area (TPSA) is 119 Å². The van der Waals surface area contributed by atoms with E-state index in [1.54, 1.807) is 4.90 Å². The summed E-state index contributed by atoms with van der Waals surface area (Å²) in [6, 6.07) is 4.76. The zero-order valence-electron chi connectivity index (χ0n) is 14.8. The second-order valence-electron chi connectivity index (χ2n) is 6.64. The minimum Gasteiger partial charge on any atom is -0.451 e. The number of nitrogens with one attached hydrogen (secondary N) is 1. The van der Waals surface area contributed by atoms with Gasteiger partial charge in [0.25, 0.3) is 11.6 Å². The minimum absolute atomic E-state index is 0.0850. The fourth-order valence-electron chi connectivity index (χ4n) is 3.24. The van der Waals surface area contributed by atoms with Crippen LogP contribution in [0, 0.1) is 10.1 Å². The first kappa shape index (κ1) is 19.2. The van der Waals surface area contributed by atoms with Gasteiger partial charge < -0.3 is 15.0 Å². The average Bonchev–Trinajstić information content (AvgIpc) is 3.11. The first-order valence-corrected chi connectivity index (χ1v) is 9.42. The van der Waals surface area contributed by atoms with Crippen LogP contribution in [0.5, 0.6) is 0 Å². The molecule has 3 rings (SSSR count). The lowest BCUT2D eigenvalue weighted by molar-refractivity contribution is -0.384. The fraction of sp³-hybridized carbons (Fsp3) is 0.471. The molecule has 1 aromatic carbocycles. The van der Waals surface area contributed by atoms with Crippen LogP contribution in [-0.4, -0.2) is 50.4 Å². The Bertz CT molecular complexity index is 816. The van der Waals surface area contributed by atoms with Crippen molar-refractivity contribution in [2.75, 3.05) is 11.1 Å². The molecule has 1 N–H and O–H groups in total. The highest BCUT2D eigenvalue weighted by molar-refractivity contribution is 8.01. The summed E-state index contributed by atoms with van der Waals surface area (Å²) >= 11 is 1.54. The molecule has 27 heavy (non-hydrogen) atoms. The van der Waals surface area contributed by atoms with Crippen molar-refractivity contribution in [1.82, 2.24) is 4.90 Å². The Balaban J connectivity index is 1.61. The fourth-order valence-corrected chi connectivity index (χ4v) is 4.66. The maximum absolute atomic E-state index is 12.5. The summed E-state index contributed by atoms with van der Waals surface area (Å²) in [5.41, 5.74) is 0.0723. The molecule has 10 heteroatoms. The number of non-ortho nitro benzene ring substituents is 1. The van der Waals surface area contributed by atoms with Crippen LogP contribution in [0.3, 0.4) is 0 Å². The van der Waals surface area contributed by atoms with Crippen LogP contribution in [0.15, 0.2) is 24.3 Å². The molecule has 0 unspecified atom stereocenters. The van der Waals surface area contributed by atoms with E-state index in [2.05, 4.69) is 5.32 Å². The van der Waals surface area contributed by atoms with E-state index in [9.17, 15) is 24.5 Å². The molecule has 144 valence electrons. The summed E-state index contributed by atoms with van der Waals surface area (Å²) in [4.78, 5) is 48.2. The van der Waals surface area contributed by atoms with Crippen molar-refractivity contribution in [3.63, 3.8) is 0 Å². The number of esters is 1. The maximum atomic E-state index is 12.5. The average molecular weight is 393 g/mol. The predicted molar refractivity (Wildman–Crippen MR) is 98.0 cm³/mol. The molecule has 2 amide bonds. The molecule has 0 spiro atoms. The molecule has 2 fully saturated rings. The third-order valence-corrected chi connectivity index (χ3v) is 6.21. The van der Waals surface area contributed by atoms with E-state index in [-0.39, 0.29) is 17.3 Å². The number of ether oxygens (including phenoxy) is 1. The molecule has 0 saturated carbocycles. The lowest BCUT2D eigenvalue weighted by atomic mass is 10.2. The zero-order valence-corrected chi connectivity index (χ0v) is 15.7. The number of nitrogens with zero attached hydrogens (tertiary/aromatic N) is 2. The molecule has 0 aliphatic carbocycles. The van der Waals surface area contributed by atoms with Gasteiger partial charge in [0, 0.05) is 30.0 Å². The molecular weight excluding hydrogens is 374 g/mol. The highest BCUT2D eigenvalue weighted by Gasteiger charge is 2.53. The number of hydrogen-bond donors (Lipinski definition) is 1. The number of nitro benzene ring substituents is 1. The van der Waals surface area contributed by atoms with Crippen LogP contribution in [0.1, 0.15) is 26.7 Å². The number of thioether (sulfide) groups is 1. The van der Waals surface area contributed by atoms with E-state index in [0.29, 0.717) is 18.6 Å². The smallest absolute Gasteiger partial charge is 0.330 e. The Morgan fingerprint density at radius 3 is 2.93 bits per heavy atom. The van der Waals surface area contributed by atoms with Gasteiger partial charge in [-0.15, -0.1) is 11.8 Å². The third-order valence-electron chi connectivity index (χ3n) is 4.70. The monoisotopic (exact) mass is 393 g/mol. The maximum Gasteiger partial charge on any atom is 0.330 e. The number of carbonyl (C=O) groups is 3. The quantitative estimate of drug-likeness (QED) is 0.461. The van der Waals surface area contributed by atoms with Gasteiger partial charge >= 0.3 is 5.97 Å². The van der Waals surface area contributed by atoms with Gasteiger partial charge in [-0.2, -0.15) is 0 Å². The van der Waals surface area contributed by atoms with Crippen LogP contribution in [0.25, 0.3) is 0 Å². The third kappa shape index (κ3) is 3.75. The van der Waals surface area contributed by atoms with Crippen LogP contribution < -0.4 is 5.32 Å². The van der Waals surface area contributed by atoms with Gasteiger partial charge in [0.15, 0.2) is 6.10 Å². The van der Waals surface area contributed by atoms with Crippen LogP contribution in [0.2, 0.25) is 0 Å². The van der Waals surface area contributed by atoms with Crippen molar-refractivity contribution in [2.24, 2.45) is 0 Å². The molecule has 2 saturated heterocycles. The second kappa shape index (κ2) is 7.18. The van der Waals surface area contributed by atoms with Gasteiger partial charge in [-0.3, -0.25) is 19.7 Å². The Labute approximate surface area is 159 Å². The molecule has 0 aromatic heterocycles. The van der Waals surface area contributed by atoms with Crippen LogP contribution in [-0.2, 0) is 19.1 Å². The predicted octanol–water partition coefficient (Wildman–Crippen LogP) is 1.92. The van der Waals surface area contributed by atoms with E-state index in [4.69, 9.17) is 4.74 Å². The van der Waals surface area contributed by atoms with Crippen molar-refractivity contribution in [1.29, 1.82) is 0 Å². The summed E-state index contributed by atoms with van der Waals surface area (Å²) in [6.07, 6.45) is -0.0227. The highest BCUT2D eigenvalue weighted by atomic mass is 32.2.